The van der Waals surface area contributed by atoms with Gasteiger partial charge in [0.2, 0.25) is 0 Å². The molecule has 0 aromatic rings. The first-order chi connectivity index (χ1) is 4.33. The first kappa shape index (κ1) is 6.20. The molecule has 0 aromatic heterocycles. The maximum absolute atomic E-state index is 10.7. The van der Waals surface area contributed by atoms with Gasteiger partial charge in [0, 0.05) is 24.4 Å². The third-order valence-electron chi connectivity index (χ3n) is 1.24. The summed E-state index contributed by atoms with van der Waals surface area (Å²) in [7, 11) is 0. The Morgan fingerprint density at radius 2 is 2.56 bits per heavy atom. The van der Waals surface area contributed by atoms with Crippen LogP contribution in [0.4, 0.5) is 0 Å². The molecule has 0 aromatic carbocycles. The lowest BCUT2D eigenvalue weighted by Crippen LogP contribution is -1.99. The van der Waals surface area contributed by atoms with E-state index in [-0.39, 0.29) is 5.78 Å². The number of aliphatic imine (C=N–C) groups is 1. The average Bonchev–Trinajstić information content (AvgIpc) is 1.88. The zero-order chi connectivity index (χ0) is 6.69. The summed E-state index contributed by atoms with van der Waals surface area (Å²) >= 11 is 0. The van der Waals surface area contributed by atoms with Crippen LogP contribution < -0.4 is 0 Å². The third-order valence-corrected chi connectivity index (χ3v) is 1.24. The second-order valence-electron chi connectivity index (χ2n) is 1.97. The van der Waals surface area contributed by atoms with Crippen LogP contribution >= 0.6 is 0 Å². The molecule has 0 bridgehead atoms. The average molecular weight is 123 g/mol. The molecule has 0 spiro atoms. The van der Waals surface area contributed by atoms with Crippen molar-refractivity contribution in [2.45, 2.75) is 19.8 Å². The first-order valence-electron chi connectivity index (χ1n) is 3.09. The van der Waals surface area contributed by atoms with E-state index in [9.17, 15) is 4.79 Å². The quantitative estimate of drug-likeness (QED) is 0.517. The molecule has 1 aliphatic rings. The Hall–Kier alpha value is -0.920. The van der Waals surface area contributed by atoms with E-state index in [0.29, 0.717) is 6.42 Å². The van der Waals surface area contributed by atoms with Crippen molar-refractivity contribution < 1.29 is 4.79 Å². The number of carbonyl (C=O) groups excluding carboxylic acids is 1. The summed E-state index contributed by atoms with van der Waals surface area (Å²) in [6.45, 7) is 1.99. The zero-order valence-electron chi connectivity index (χ0n) is 5.42. The molecule has 0 fully saturated rings. The van der Waals surface area contributed by atoms with Gasteiger partial charge in [-0.25, -0.2) is 0 Å². The molecule has 0 N–H and O–H groups in total. The summed E-state index contributed by atoms with van der Waals surface area (Å²) in [6.07, 6.45) is 4.60. The molecular weight excluding hydrogens is 114 g/mol. The second kappa shape index (κ2) is 2.58. The number of nitrogens with zero attached hydrogens (tertiary/aromatic N) is 1. The van der Waals surface area contributed by atoms with Crippen LogP contribution in [0.2, 0.25) is 0 Å². The van der Waals surface area contributed by atoms with Gasteiger partial charge in [-0.2, -0.15) is 0 Å². The van der Waals surface area contributed by atoms with Crippen LogP contribution in [0.1, 0.15) is 19.8 Å². The summed E-state index contributed by atoms with van der Waals surface area (Å²) in [5.41, 5.74) is 0.895. The molecule has 1 rings (SSSR count). The summed E-state index contributed by atoms with van der Waals surface area (Å²) in [4.78, 5) is 14.7. The highest BCUT2D eigenvalue weighted by atomic mass is 16.1. The Labute approximate surface area is 54.3 Å². The van der Waals surface area contributed by atoms with Crippen molar-refractivity contribution in [3.8, 4) is 0 Å². The smallest absolute Gasteiger partial charge is 0.162 e. The molecule has 0 radical (unpaired) electrons. The molecule has 0 saturated carbocycles. The maximum Gasteiger partial charge on any atom is 0.162 e. The van der Waals surface area contributed by atoms with Crippen LogP contribution in [0.5, 0.6) is 0 Å². The highest BCUT2D eigenvalue weighted by Gasteiger charge is 2.01. The highest BCUT2D eigenvalue weighted by molar-refractivity contribution is 6.01. The Kier molecular flexibility index (Phi) is 1.78. The molecule has 2 nitrogen and oxygen atoms in total. The fourth-order valence-electron chi connectivity index (χ4n) is 0.728. The summed E-state index contributed by atoms with van der Waals surface area (Å²) in [5, 5.41) is 0. The van der Waals surface area contributed by atoms with Gasteiger partial charge in [-0.15, -0.1) is 0 Å². The maximum atomic E-state index is 10.7. The fraction of sp³-hybridized carbons (Fsp3) is 0.429. The predicted octanol–water partition coefficient (Wildman–Crippen LogP) is 1.32. The predicted molar refractivity (Wildman–Crippen MR) is 36.5 cm³/mol. The third kappa shape index (κ3) is 1.49. The van der Waals surface area contributed by atoms with E-state index in [0.717, 1.165) is 12.1 Å². The fourth-order valence-corrected chi connectivity index (χ4v) is 0.728. The Bertz CT molecular complexity index is 179. The minimum Gasteiger partial charge on any atom is -0.294 e. The zero-order valence-corrected chi connectivity index (χ0v) is 5.42. The highest BCUT2D eigenvalue weighted by Crippen LogP contribution is 2.06. The Balaban J connectivity index is 2.70. The van der Waals surface area contributed by atoms with Crippen LogP contribution in [-0.2, 0) is 4.79 Å². The Morgan fingerprint density at radius 3 is 3.00 bits per heavy atom. The van der Waals surface area contributed by atoms with E-state index in [1.54, 1.807) is 12.3 Å². The van der Waals surface area contributed by atoms with Crippen molar-refractivity contribution in [2.24, 2.45) is 4.99 Å². The van der Waals surface area contributed by atoms with Crippen molar-refractivity contribution >= 4 is 12.0 Å². The summed E-state index contributed by atoms with van der Waals surface area (Å²) in [6, 6.07) is 0. The number of carbonyl (C=O) groups is 1. The largest absolute Gasteiger partial charge is 0.294 e. The van der Waals surface area contributed by atoms with E-state index < -0.39 is 0 Å². The molecule has 48 valence electrons. The molecule has 0 atom stereocenters. The number of hydrogen-bond acceptors (Lipinski definition) is 2. The standard InChI is InChI=1S/C7H9NO/c1-2-6-5-7(9)3-4-8-6/h4-5H,2-3H2,1H3. The van der Waals surface area contributed by atoms with Gasteiger partial charge in [0.25, 0.3) is 0 Å². The molecule has 1 heterocycles. The molecule has 9 heavy (non-hydrogen) atoms. The van der Waals surface area contributed by atoms with Gasteiger partial charge in [-0.3, -0.25) is 9.79 Å². The van der Waals surface area contributed by atoms with Crippen molar-refractivity contribution in [2.75, 3.05) is 0 Å². The monoisotopic (exact) mass is 123 g/mol. The van der Waals surface area contributed by atoms with E-state index >= 15 is 0 Å². The normalized spacial score (nSPS) is 17.9. The van der Waals surface area contributed by atoms with E-state index in [4.69, 9.17) is 0 Å². The van der Waals surface area contributed by atoms with E-state index in [1.165, 1.54) is 0 Å². The van der Waals surface area contributed by atoms with E-state index in [2.05, 4.69) is 4.99 Å². The van der Waals surface area contributed by atoms with Crippen LogP contribution in [0.15, 0.2) is 16.8 Å². The van der Waals surface area contributed by atoms with Crippen molar-refractivity contribution in [1.82, 2.24) is 0 Å². The van der Waals surface area contributed by atoms with Gasteiger partial charge < -0.3 is 0 Å². The molecule has 1 aliphatic heterocycles. The molecular formula is C7H9NO. The summed E-state index contributed by atoms with van der Waals surface area (Å²) in [5.74, 6) is 0.168. The molecule has 0 unspecified atom stereocenters. The summed E-state index contributed by atoms with van der Waals surface area (Å²) < 4.78 is 0. The lowest BCUT2D eigenvalue weighted by molar-refractivity contribution is -0.113. The molecule has 0 saturated heterocycles. The first-order valence-corrected chi connectivity index (χ1v) is 3.09. The van der Waals surface area contributed by atoms with Gasteiger partial charge in [0.1, 0.15) is 0 Å². The van der Waals surface area contributed by atoms with Crippen molar-refractivity contribution in [3.05, 3.63) is 11.8 Å². The van der Waals surface area contributed by atoms with Gasteiger partial charge in [0.05, 0.1) is 0 Å². The van der Waals surface area contributed by atoms with Gasteiger partial charge >= 0.3 is 0 Å². The molecule has 0 amide bonds. The molecule has 2 heteroatoms. The van der Waals surface area contributed by atoms with Crippen LogP contribution in [0.3, 0.4) is 0 Å². The minimum absolute atomic E-state index is 0.168. The molecule has 0 aliphatic carbocycles. The van der Waals surface area contributed by atoms with E-state index in [1.807, 2.05) is 6.92 Å². The Morgan fingerprint density at radius 1 is 1.78 bits per heavy atom. The van der Waals surface area contributed by atoms with Crippen LogP contribution in [-0.4, -0.2) is 12.0 Å². The van der Waals surface area contributed by atoms with Crippen molar-refractivity contribution in [3.63, 3.8) is 0 Å². The van der Waals surface area contributed by atoms with Crippen LogP contribution in [0.25, 0.3) is 0 Å². The topological polar surface area (TPSA) is 29.4 Å². The van der Waals surface area contributed by atoms with Gasteiger partial charge in [-0.1, -0.05) is 6.92 Å². The SMILES string of the molecule is CCC1=CC(=O)CC=N1. The number of ketones is 1. The van der Waals surface area contributed by atoms with Gasteiger partial charge in [0.15, 0.2) is 5.78 Å². The number of rotatable bonds is 1. The second-order valence-corrected chi connectivity index (χ2v) is 1.97. The van der Waals surface area contributed by atoms with Crippen molar-refractivity contribution in [1.29, 1.82) is 0 Å². The number of hydrogen-bond donors (Lipinski definition) is 0. The van der Waals surface area contributed by atoms with Crippen LogP contribution in [0, 0.1) is 0 Å². The lowest BCUT2D eigenvalue weighted by Gasteiger charge is -1.99. The number of allylic oxidation sites excluding steroid dienone is 2. The minimum atomic E-state index is 0.168. The lowest BCUT2D eigenvalue weighted by atomic mass is 10.2. The van der Waals surface area contributed by atoms with Gasteiger partial charge in [-0.05, 0) is 6.42 Å².